The van der Waals surface area contributed by atoms with Crippen LogP contribution in [0.3, 0.4) is 0 Å². The zero-order valence-corrected chi connectivity index (χ0v) is 8.32. The van der Waals surface area contributed by atoms with Gasteiger partial charge in [0, 0.05) is 7.05 Å². The van der Waals surface area contributed by atoms with E-state index in [-0.39, 0.29) is 12.1 Å². The standard InChI is InChI=1S/C9H15N3O/c1-7(2)4-8-5-12(6-10)9(13)11(8)3/h7-8H,4-5H2,1-3H3. The molecule has 0 aromatic carbocycles. The molecule has 1 saturated heterocycles. The Morgan fingerprint density at radius 3 is 2.69 bits per heavy atom. The summed E-state index contributed by atoms with van der Waals surface area (Å²) in [4.78, 5) is 14.2. The Hall–Kier alpha value is -1.24. The molecular weight excluding hydrogens is 166 g/mol. The summed E-state index contributed by atoms with van der Waals surface area (Å²) in [5.41, 5.74) is 0. The summed E-state index contributed by atoms with van der Waals surface area (Å²) in [5.74, 6) is 0.555. The molecule has 0 aliphatic carbocycles. The monoisotopic (exact) mass is 181 g/mol. The quantitative estimate of drug-likeness (QED) is 0.602. The summed E-state index contributed by atoms with van der Waals surface area (Å²) in [6.07, 6.45) is 2.85. The average Bonchev–Trinajstić information content (AvgIpc) is 2.32. The molecule has 1 unspecified atom stereocenters. The number of carbonyl (C=O) groups excluding carboxylic acids is 1. The lowest BCUT2D eigenvalue weighted by Crippen LogP contribution is -2.30. The summed E-state index contributed by atoms with van der Waals surface area (Å²) in [6, 6.07) is 0.0281. The molecule has 0 aromatic rings. The molecule has 4 nitrogen and oxygen atoms in total. The zero-order valence-electron chi connectivity index (χ0n) is 8.32. The van der Waals surface area contributed by atoms with E-state index in [9.17, 15) is 4.79 Å². The van der Waals surface area contributed by atoms with Crippen molar-refractivity contribution in [2.45, 2.75) is 26.3 Å². The molecule has 1 fully saturated rings. The number of rotatable bonds is 2. The number of nitriles is 1. The van der Waals surface area contributed by atoms with Crippen LogP contribution in [0.4, 0.5) is 4.79 Å². The summed E-state index contributed by atoms with van der Waals surface area (Å²) < 4.78 is 0. The number of urea groups is 1. The smallest absolute Gasteiger partial charge is 0.322 e. The molecular formula is C9H15N3O. The van der Waals surface area contributed by atoms with Crippen molar-refractivity contribution < 1.29 is 4.79 Å². The van der Waals surface area contributed by atoms with Gasteiger partial charge in [-0.1, -0.05) is 13.8 Å². The second-order valence-electron chi connectivity index (χ2n) is 3.89. The van der Waals surface area contributed by atoms with Crippen molar-refractivity contribution >= 4 is 6.03 Å². The van der Waals surface area contributed by atoms with Gasteiger partial charge in [0.15, 0.2) is 6.19 Å². The molecule has 0 N–H and O–H groups in total. The second-order valence-corrected chi connectivity index (χ2v) is 3.89. The molecule has 1 rings (SSSR count). The van der Waals surface area contributed by atoms with Crippen LogP contribution in [0.1, 0.15) is 20.3 Å². The minimum absolute atomic E-state index is 0.173. The fraction of sp³-hybridized carbons (Fsp3) is 0.778. The summed E-state index contributed by atoms with van der Waals surface area (Å²) in [6.45, 7) is 4.78. The van der Waals surface area contributed by atoms with Crippen LogP contribution in [0.5, 0.6) is 0 Å². The SMILES string of the molecule is CC(C)CC1CN(C#N)C(=O)N1C. The molecule has 0 bridgehead atoms. The van der Waals surface area contributed by atoms with E-state index in [1.165, 1.54) is 4.90 Å². The Bertz CT molecular complexity index is 244. The highest BCUT2D eigenvalue weighted by Gasteiger charge is 2.34. The van der Waals surface area contributed by atoms with Gasteiger partial charge in [-0.25, -0.2) is 9.69 Å². The summed E-state index contributed by atoms with van der Waals surface area (Å²) in [5, 5.41) is 8.63. The maximum atomic E-state index is 11.4. The van der Waals surface area contributed by atoms with Crippen molar-refractivity contribution in [3.8, 4) is 6.19 Å². The van der Waals surface area contributed by atoms with Gasteiger partial charge in [0.2, 0.25) is 0 Å². The van der Waals surface area contributed by atoms with Gasteiger partial charge in [-0.15, -0.1) is 0 Å². The van der Waals surface area contributed by atoms with E-state index in [0.29, 0.717) is 12.5 Å². The molecule has 1 heterocycles. The van der Waals surface area contributed by atoms with Gasteiger partial charge in [-0.2, -0.15) is 5.26 Å². The van der Waals surface area contributed by atoms with Crippen LogP contribution in [-0.4, -0.2) is 35.5 Å². The lowest BCUT2D eigenvalue weighted by Gasteiger charge is -2.18. The predicted octanol–water partition coefficient (Wildman–Crippen LogP) is 1.25. The summed E-state index contributed by atoms with van der Waals surface area (Å²) in [7, 11) is 1.76. The first kappa shape index (κ1) is 9.85. The highest BCUT2D eigenvalue weighted by Crippen LogP contribution is 2.18. The number of hydrogen-bond donors (Lipinski definition) is 0. The normalized spacial score (nSPS) is 22.7. The lowest BCUT2D eigenvalue weighted by atomic mass is 10.0. The van der Waals surface area contributed by atoms with Gasteiger partial charge < -0.3 is 4.90 Å². The first-order valence-corrected chi connectivity index (χ1v) is 4.50. The van der Waals surface area contributed by atoms with E-state index in [2.05, 4.69) is 13.8 Å². The zero-order chi connectivity index (χ0) is 10.0. The number of nitrogens with zero attached hydrogens (tertiary/aromatic N) is 3. The molecule has 2 amide bonds. The molecule has 0 saturated carbocycles. The third-order valence-electron chi connectivity index (χ3n) is 2.34. The molecule has 1 aliphatic heterocycles. The minimum atomic E-state index is -0.173. The molecule has 1 aliphatic rings. The Morgan fingerprint density at radius 2 is 2.31 bits per heavy atom. The maximum Gasteiger partial charge on any atom is 0.333 e. The van der Waals surface area contributed by atoms with Crippen molar-refractivity contribution in [3.05, 3.63) is 0 Å². The van der Waals surface area contributed by atoms with Crippen LogP contribution in [0, 0.1) is 17.4 Å². The van der Waals surface area contributed by atoms with Crippen LogP contribution in [0.25, 0.3) is 0 Å². The Labute approximate surface area is 78.7 Å². The van der Waals surface area contributed by atoms with Crippen molar-refractivity contribution in [1.82, 2.24) is 9.80 Å². The van der Waals surface area contributed by atoms with Crippen LogP contribution in [-0.2, 0) is 0 Å². The molecule has 0 spiro atoms. The van der Waals surface area contributed by atoms with E-state index in [4.69, 9.17) is 5.26 Å². The first-order valence-electron chi connectivity index (χ1n) is 4.50. The number of hydrogen-bond acceptors (Lipinski definition) is 2. The van der Waals surface area contributed by atoms with Crippen LogP contribution >= 0.6 is 0 Å². The van der Waals surface area contributed by atoms with Gasteiger partial charge in [0.05, 0.1) is 12.6 Å². The second kappa shape index (κ2) is 3.65. The number of amides is 2. The van der Waals surface area contributed by atoms with E-state index >= 15 is 0 Å². The summed E-state index contributed by atoms with van der Waals surface area (Å²) >= 11 is 0. The van der Waals surface area contributed by atoms with Gasteiger partial charge in [-0.3, -0.25) is 0 Å². The Balaban J connectivity index is 2.62. The van der Waals surface area contributed by atoms with Crippen LogP contribution in [0.2, 0.25) is 0 Å². The predicted molar refractivity (Wildman–Crippen MR) is 48.7 cm³/mol. The lowest BCUT2D eigenvalue weighted by molar-refractivity contribution is 0.202. The maximum absolute atomic E-state index is 11.4. The molecule has 1 atom stereocenters. The third kappa shape index (κ3) is 1.92. The molecule has 0 radical (unpaired) electrons. The Morgan fingerprint density at radius 1 is 1.69 bits per heavy atom. The molecule has 4 heteroatoms. The average molecular weight is 181 g/mol. The molecule has 0 aromatic heterocycles. The largest absolute Gasteiger partial charge is 0.333 e. The molecule has 13 heavy (non-hydrogen) atoms. The highest BCUT2D eigenvalue weighted by atomic mass is 16.2. The van der Waals surface area contributed by atoms with Crippen molar-refractivity contribution in [1.29, 1.82) is 5.26 Å². The molecule has 72 valence electrons. The van der Waals surface area contributed by atoms with Crippen LogP contribution < -0.4 is 0 Å². The fourth-order valence-electron chi connectivity index (χ4n) is 1.62. The topological polar surface area (TPSA) is 47.3 Å². The Kier molecular flexibility index (Phi) is 2.76. The van der Waals surface area contributed by atoms with Crippen molar-refractivity contribution in [2.75, 3.05) is 13.6 Å². The van der Waals surface area contributed by atoms with E-state index in [0.717, 1.165) is 6.42 Å². The van der Waals surface area contributed by atoms with Gasteiger partial charge in [0.25, 0.3) is 0 Å². The number of likely N-dealkylation sites (N-methyl/N-ethyl adjacent to an activating group) is 1. The van der Waals surface area contributed by atoms with Gasteiger partial charge in [0.1, 0.15) is 0 Å². The van der Waals surface area contributed by atoms with E-state index in [1.807, 2.05) is 6.19 Å². The highest BCUT2D eigenvalue weighted by molar-refractivity contribution is 5.78. The minimum Gasteiger partial charge on any atom is -0.322 e. The van der Waals surface area contributed by atoms with Gasteiger partial charge >= 0.3 is 6.03 Å². The first-order chi connectivity index (χ1) is 6.06. The van der Waals surface area contributed by atoms with E-state index < -0.39 is 0 Å². The fourth-order valence-corrected chi connectivity index (χ4v) is 1.62. The van der Waals surface area contributed by atoms with E-state index in [1.54, 1.807) is 11.9 Å². The van der Waals surface area contributed by atoms with Crippen molar-refractivity contribution in [2.24, 2.45) is 5.92 Å². The van der Waals surface area contributed by atoms with Gasteiger partial charge in [-0.05, 0) is 12.3 Å². The third-order valence-corrected chi connectivity index (χ3v) is 2.34. The van der Waals surface area contributed by atoms with Crippen molar-refractivity contribution in [3.63, 3.8) is 0 Å². The van der Waals surface area contributed by atoms with Crippen LogP contribution in [0.15, 0.2) is 0 Å². The number of carbonyl (C=O) groups is 1.